The zero-order chi connectivity index (χ0) is 14.4. The van der Waals surface area contributed by atoms with Crippen molar-refractivity contribution in [3.05, 3.63) is 16.1 Å². The van der Waals surface area contributed by atoms with E-state index in [4.69, 9.17) is 0 Å². The minimum Gasteiger partial charge on any atom is -0.355 e. The van der Waals surface area contributed by atoms with Crippen LogP contribution in [0.1, 0.15) is 23.5 Å². The Hall–Kier alpha value is -0.980. The van der Waals surface area contributed by atoms with Crippen LogP contribution >= 0.6 is 11.3 Å². The number of likely N-dealkylation sites (tertiary alicyclic amines) is 1. The van der Waals surface area contributed by atoms with Crippen molar-refractivity contribution >= 4 is 17.2 Å². The van der Waals surface area contributed by atoms with Gasteiger partial charge in [0.15, 0.2) is 0 Å². The number of amides is 1. The number of rotatable bonds is 6. The van der Waals surface area contributed by atoms with E-state index in [9.17, 15) is 4.79 Å². The van der Waals surface area contributed by atoms with Gasteiger partial charge in [-0.1, -0.05) is 0 Å². The highest BCUT2D eigenvalue weighted by molar-refractivity contribution is 7.09. The van der Waals surface area contributed by atoms with Gasteiger partial charge < -0.3 is 10.6 Å². The average molecular weight is 296 g/mol. The zero-order valence-corrected chi connectivity index (χ0v) is 13.1. The molecule has 1 amide bonds. The standard InChI is InChI=1S/C14H24N4OS/c1-11-17-13(10-20-11)9-18-7-3-12(4-8-18)14(19)16-6-5-15-2/h10,12,15H,3-9H2,1-2H3,(H,16,19). The van der Waals surface area contributed by atoms with Gasteiger partial charge in [0.2, 0.25) is 5.91 Å². The molecule has 0 radical (unpaired) electrons. The molecule has 1 aromatic rings. The van der Waals surface area contributed by atoms with Crippen molar-refractivity contribution in [3.8, 4) is 0 Å². The number of thiazole rings is 1. The topological polar surface area (TPSA) is 57.3 Å². The summed E-state index contributed by atoms with van der Waals surface area (Å²) in [5.74, 6) is 0.393. The number of carbonyl (C=O) groups is 1. The van der Waals surface area contributed by atoms with Crippen molar-refractivity contribution < 1.29 is 4.79 Å². The highest BCUT2D eigenvalue weighted by atomic mass is 32.1. The highest BCUT2D eigenvalue weighted by Gasteiger charge is 2.24. The van der Waals surface area contributed by atoms with Crippen molar-refractivity contribution in [2.24, 2.45) is 5.92 Å². The van der Waals surface area contributed by atoms with Gasteiger partial charge in [0.25, 0.3) is 0 Å². The van der Waals surface area contributed by atoms with E-state index in [1.54, 1.807) is 11.3 Å². The second-order valence-electron chi connectivity index (χ2n) is 5.30. The molecule has 0 aliphatic carbocycles. The fraction of sp³-hybridized carbons (Fsp3) is 0.714. The Morgan fingerprint density at radius 3 is 2.80 bits per heavy atom. The van der Waals surface area contributed by atoms with Crippen molar-refractivity contribution in [1.82, 2.24) is 20.5 Å². The molecule has 2 N–H and O–H groups in total. The molecule has 0 atom stereocenters. The molecule has 5 nitrogen and oxygen atoms in total. The van der Waals surface area contributed by atoms with E-state index in [1.165, 1.54) is 0 Å². The maximum atomic E-state index is 12.0. The maximum Gasteiger partial charge on any atom is 0.223 e. The van der Waals surface area contributed by atoms with Gasteiger partial charge in [-0.15, -0.1) is 11.3 Å². The minimum atomic E-state index is 0.181. The van der Waals surface area contributed by atoms with E-state index in [2.05, 4.69) is 25.9 Å². The third kappa shape index (κ3) is 4.54. The lowest BCUT2D eigenvalue weighted by molar-refractivity contribution is -0.126. The van der Waals surface area contributed by atoms with Crippen LogP contribution in [-0.2, 0) is 11.3 Å². The van der Waals surface area contributed by atoms with Crippen LogP contribution in [0.2, 0.25) is 0 Å². The minimum absolute atomic E-state index is 0.181. The Kier molecular flexibility index (Phi) is 5.94. The molecule has 112 valence electrons. The summed E-state index contributed by atoms with van der Waals surface area (Å²) >= 11 is 1.70. The molecule has 1 aliphatic heterocycles. The van der Waals surface area contributed by atoms with E-state index >= 15 is 0 Å². The molecule has 6 heteroatoms. The van der Waals surface area contributed by atoms with Crippen LogP contribution in [0.5, 0.6) is 0 Å². The Bertz CT molecular complexity index is 427. The van der Waals surface area contributed by atoms with Crippen LogP contribution in [0.3, 0.4) is 0 Å². The number of aromatic nitrogens is 1. The first kappa shape index (κ1) is 15.4. The smallest absolute Gasteiger partial charge is 0.223 e. The normalized spacial score (nSPS) is 17.3. The van der Waals surface area contributed by atoms with E-state index in [0.717, 1.165) is 49.7 Å². The maximum absolute atomic E-state index is 12.0. The summed E-state index contributed by atoms with van der Waals surface area (Å²) in [5.41, 5.74) is 1.16. The van der Waals surface area contributed by atoms with Crippen LogP contribution in [-0.4, -0.2) is 49.0 Å². The number of aryl methyl sites for hydroxylation is 1. The first-order chi connectivity index (χ1) is 9.69. The number of piperidine rings is 1. The zero-order valence-electron chi connectivity index (χ0n) is 12.3. The van der Waals surface area contributed by atoms with Crippen LogP contribution in [0, 0.1) is 12.8 Å². The lowest BCUT2D eigenvalue weighted by Gasteiger charge is -2.30. The van der Waals surface area contributed by atoms with Crippen molar-refractivity contribution in [3.63, 3.8) is 0 Å². The second kappa shape index (κ2) is 7.71. The molecule has 20 heavy (non-hydrogen) atoms. The van der Waals surface area contributed by atoms with Gasteiger partial charge in [-0.2, -0.15) is 0 Å². The van der Waals surface area contributed by atoms with E-state index in [0.29, 0.717) is 6.54 Å². The summed E-state index contributed by atoms with van der Waals surface area (Å²) < 4.78 is 0. The number of hydrogen-bond donors (Lipinski definition) is 2. The van der Waals surface area contributed by atoms with E-state index < -0.39 is 0 Å². The fourth-order valence-electron chi connectivity index (χ4n) is 2.52. The quantitative estimate of drug-likeness (QED) is 0.769. The number of carbonyl (C=O) groups excluding carboxylic acids is 1. The number of nitrogens with one attached hydrogen (secondary N) is 2. The first-order valence-corrected chi connectivity index (χ1v) is 8.12. The van der Waals surface area contributed by atoms with Gasteiger partial charge in [0.05, 0.1) is 10.7 Å². The van der Waals surface area contributed by atoms with Crippen molar-refractivity contribution in [2.45, 2.75) is 26.3 Å². The van der Waals surface area contributed by atoms with E-state index in [1.807, 2.05) is 14.0 Å². The third-order valence-electron chi connectivity index (χ3n) is 3.68. The van der Waals surface area contributed by atoms with Gasteiger partial charge >= 0.3 is 0 Å². The molecule has 0 bridgehead atoms. The van der Waals surface area contributed by atoms with Crippen molar-refractivity contribution in [1.29, 1.82) is 0 Å². The monoisotopic (exact) mass is 296 g/mol. The van der Waals surface area contributed by atoms with Crippen molar-refractivity contribution in [2.75, 3.05) is 33.2 Å². The van der Waals surface area contributed by atoms with Crippen LogP contribution < -0.4 is 10.6 Å². The lowest BCUT2D eigenvalue weighted by atomic mass is 9.96. The molecule has 0 unspecified atom stereocenters. The lowest BCUT2D eigenvalue weighted by Crippen LogP contribution is -2.41. The summed E-state index contributed by atoms with van der Waals surface area (Å²) in [7, 11) is 1.89. The number of likely N-dealkylation sites (N-methyl/N-ethyl adjacent to an activating group) is 1. The second-order valence-corrected chi connectivity index (χ2v) is 6.37. The average Bonchev–Trinajstić information content (AvgIpc) is 2.85. The molecule has 2 rings (SSSR count). The number of hydrogen-bond acceptors (Lipinski definition) is 5. The summed E-state index contributed by atoms with van der Waals surface area (Å²) in [5, 5.41) is 9.28. The number of nitrogens with zero attached hydrogens (tertiary/aromatic N) is 2. The highest BCUT2D eigenvalue weighted by Crippen LogP contribution is 2.19. The van der Waals surface area contributed by atoms with Crippen LogP contribution in [0.4, 0.5) is 0 Å². The summed E-state index contributed by atoms with van der Waals surface area (Å²) in [6, 6.07) is 0. The molecule has 1 aliphatic rings. The molecule has 1 aromatic heterocycles. The van der Waals surface area contributed by atoms with Gasteiger partial charge in [-0.25, -0.2) is 4.98 Å². The van der Waals surface area contributed by atoms with E-state index in [-0.39, 0.29) is 11.8 Å². The Morgan fingerprint density at radius 2 is 2.20 bits per heavy atom. The van der Waals surface area contributed by atoms with Gasteiger partial charge in [-0.05, 0) is 39.9 Å². The summed E-state index contributed by atoms with van der Waals surface area (Å²) in [6.45, 7) is 6.47. The molecule has 2 heterocycles. The third-order valence-corrected chi connectivity index (χ3v) is 4.51. The molecular formula is C14H24N4OS. The van der Waals surface area contributed by atoms with Crippen LogP contribution in [0.25, 0.3) is 0 Å². The first-order valence-electron chi connectivity index (χ1n) is 7.24. The summed E-state index contributed by atoms with van der Waals surface area (Å²) in [4.78, 5) is 18.9. The molecule has 1 saturated heterocycles. The van der Waals surface area contributed by atoms with Gasteiger partial charge in [0, 0.05) is 30.9 Å². The fourth-order valence-corrected chi connectivity index (χ4v) is 3.12. The van der Waals surface area contributed by atoms with Gasteiger partial charge in [-0.3, -0.25) is 9.69 Å². The summed E-state index contributed by atoms with van der Waals surface area (Å²) in [6.07, 6.45) is 1.91. The predicted octanol–water partition coefficient (Wildman–Crippen LogP) is 0.999. The molecule has 0 saturated carbocycles. The molecule has 1 fully saturated rings. The predicted molar refractivity (Wildman–Crippen MR) is 81.8 cm³/mol. The molecule has 0 aromatic carbocycles. The Labute approximate surface area is 124 Å². The largest absolute Gasteiger partial charge is 0.355 e. The SMILES string of the molecule is CNCCNC(=O)C1CCN(Cc2csc(C)n2)CC1. The Balaban J connectivity index is 1.70. The van der Waals surface area contributed by atoms with Gasteiger partial charge in [0.1, 0.15) is 0 Å². The molecular weight excluding hydrogens is 272 g/mol. The van der Waals surface area contributed by atoms with Crippen LogP contribution in [0.15, 0.2) is 5.38 Å². The molecule has 0 spiro atoms. The Morgan fingerprint density at radius 1 is 1.45 bits per heavy atom.